The molecule has 3 aromatic heterocycles. The highest BCUT2D eigenvalue weighted by Crippen LogP contribution is 2.34. The Morgan fingerprint density at radius 3 is 2.65 bits per heavy atom. The molecule has 1 amide bonds. The average molecular weight is 422 g/mol. The Morgan fingerprint density at radius 1 is 1.23 bits per heavy atom. The molecule has 4 rings (SSSR count). The lowest BCUT2D eigenvalue weighted by Crippen LogP contribution is -2.55. The molecule has 3 N–H and O–H groups in total. The van der Waals surface area contributed by atoms with E-state index in [4.69, 9.17) is 0 Å². The van der Waals surface area contributed by atoms with Crippen LogP contribution in [0.1, 0.15) is 37.1 Å². The van der Waals surface area contributed by atoms with Crippen molar-refractivity contribution in [2.75, 3.05) is 23.3 Å². The summed E-state index contributed by atoms with van der Waals surface area (Å²) < 4.78 is 0. The van der Waals surface area contributed by atoms with E-state index in [0.29, 0.717) is 30.4 Å². The number of piperidine rings is 1. The van der Waals surface area contributed by atoms with E-state index in [1.807, 2.05) is 26.8 Å². The lowest BCUT2D eigenvalue weighted by atomic mass is 9.76. The zero-order valence-corrected chi connectivity index (χ0v) is 18.1. The van der Waals surface area contributed by atoms with Crippen molar-refractivity contribution in [2.45, 2.75) is 33.3 Å². The summed E-state index contributed by atoms with van der Waals surface area (Å²) in [6, 6.07) is 7.03. The van der Waals surface area contributed by atoms with Crippen molar-refractivity contribution in [3.05, 3.63) is 48.2 Å². The van der Waals surface area contributed by atoms with Crippen LogP contribution in [0.4, 0.5) is 11.6 Å². The maximum Gasteiger partial charge on any atom is 0.275 e. The van der Waals surface area contributed by atoms with E-state index in [1.54, 1.807) is 37.5 Å². The van der Waals surface area contributed by atoms with Crippen LogP contribution >= 0.6 is 0 Å². The van der Waals surface area contributed by atoms with E-state index >= 15 is 0 Å². The Balaban J connectivity index is 1.54. The van der Waals surface area contributed by atoms with Gasteiger partial charge in [-0.25, -0.2) is 15.0 Å². The third-order valence-corrected chi connectivity index (χ3v) is 6.15. The normalized spacial score (nSPS) is 23.6. The molecule has 0 spiro atoms. The van der Waals surface area contributed by atoms with E-state index in [-0.39, 0.29) is 23.4 Å². The number of carbonyl (C=O) groups excluding carboxylic acids is 1. The number of aryl methyl sites for hydroxylation is 1. The lowest BCUT2D eigenvalue weighted by molar-refractivity contribution is -0.0504. The minimum atomic E-state index is -0.721. The largest absolute Gasteiger partial charge is 0.389 e. The van der Waals surface area contributed by atoms with Crippen molar-refractivity contribution < 1.29 is 9.90 Å². The van der Waals surface area contributed by atoms with Crippen molar-refractivity contribution in [2.24, 2.45) is 11.8 Å². The van der Waals surface area contributed by atoms with Crippen LogP contribution in [0, 0.1) is 18.8 Å². The number of hydrogen-bond donors (Lipinski definition) is 3. The standard InChI is InChI=1S/C22H27N7O2/c1-13-11-29(12-14(2)22(13,4)31)20-8-19(25-15(3)26-20)28-21(30)18-7-5-6-17(27-18)16-9-23-24-10-16/h5-10,13-14,31H,11-12H2,1-4H3,(H,23,24)(H,25,26,28,30)/t13-,14+,22?. The highest BCUT2D eigenvalue weighted by molar-refractivity contribution is 6.02. The zero-order valence-electron chi connectivity index (χ0n) is 18.1. The predicted octanol–water partition coefficient (Wildman–Crippen LogP) is 2.67. The quantitative estimate of drug-likeness (QED) is 0.592. The van der Waals surface area contributed by atoms with Gasteiger partial charge in [0.05, 0.1) is 17.5 Å². The molecule has 9 heteroatoms. The van der Waals surface area contributed by atoms with E-state index in [1.165, 1.54) is 0 Å². The first-order valence-corrected chi connectivity index (χ1v) is 10.3. The molecule has 0 radical (unpaired) electrons. The number of pyridine rings is 1. The van der Waals surface area contributed by atoms with Gasteiger partial charge in [-0.15, -0.1) is 0 Å². The first kappa shape index (κ1) is 20.9. The van der Waals surface area contributed by atoms with Crippen molar-refractivity contribution in [1.82, 2.24) is 25.1 Å². The molecule has 3 atom stereocenters. The Bertz CT molecular complexity index is 1070. The number of rotatable bonds is 4. The summed E-state index contributed by atoms with van der Waals surface area (Å²) in [5.74, 6) is 1.53. The van der Waals surface area contributed by atoms with Gasteiger partial charge in [-0.05, 0) is 26.0 Å². The van der Waals surface area contributed by atoms with Crippen LogP contribution in [0.15, 0.2) is 36.7 Å². The van der Waals surface area contributed by atoms with Gasteiger partial charge in [0.25, 0.3) is 5.91 Å². The van der Waals surface area contributed by atoms with Crippen LogP contribution in [0.3, 0.4) is 0 Å². The molecule has 1 fully saturated rings. The van der Waals surface area contributed by atoms with Gasteiger partial charge < -0.3 is 15.3 Å². The van der Waals surface area contributed by atoms with E-state index in [0.717, 1.165) is 11.4 Å². The van der Waals surface area contributed by atoms with Gasteiger partial charge in [-0.3, -0.25) is 9.89 Å². The number of aliphatic hydroxyl groups is 1. The van der Waals surface area contributed by atoms with Crippen molar-refractivity contribution in [3.8, 4) is 11.3 Å². The fourth-order valence-corrected chi connectivity index (χ4v) is 3.85. The third-order valence-electron chi connectivity index (χ3n) is 6.15. The average Bonchev–Trinajstić information content (AvgIpc) is 3.26. The molecule has 31 heavy (non-hydrogen) atoms. The van der Waals surface area contributed by atoms with Crippen LogP contribution in [0.25, 0.3) is 11.3 Å². The van der Waals surface area contributed by atoms with Crippen LogP contribution in [-0.4, -0.2) is 54.9 Å². The molecule has 0 aliphatic carbocycles. The van der Waals surface area contributed by atoms with Gasteiger partial charge in [-0.1, -0.05) is 19.9 Å². The first-order valence-electron chi connectivity index (χ1n) is 10.3. The fraction of sp³-hybridized carbons (Fsp3) is 0.409. The molecule has 9 nitrogen and oxygen atoms in total. The highest BCUT2D eigenvalue weighted by atomic mass is 16.3. The molecule has 1 saturated heterocycles. The maximum atomic E-state index is 12.8. The second kappa shape index (κ2) is 8.07. The number of amides is 1. The minimum Gasteiger partial charge on any atom is -0.389 e. The first-order chi connectivity index (χ1) is 14.7. The number of aromatic nitrogens is 5. The number of H-pyrrole nitrogens is 1. The van der Waals surface area contributed by atoms with E-state index in [2.05, 4.69) is 35.4 Å². The van der Waals surface area contributed by atoms with Crippen molar-refractivity contribution >= 4 is 17.5 Å². The molecular formula is C22H27N7O2. The lowest BCUT2D eigenvalue weighted by Gasteiger charge is -2.46. The van der Waals surface area contributed by atoms with Crippen LogP contribution in [-0.2, 0) is 0 Å². The van der Waals surface area contributed by atoms with Gasteiger partial charge in [0.1, 0.15) is 23.2 Å². The summed E-state index contributed by atoms with van der Waals surface area (Å²) in [5.41, 5.74) is 1.03. The van der Waals surface area contributed by atoms with Gasteiger partial charge >= 0.3 is 0 Å². The number of nitrogens with zero attached hydrogens (tertiary/aromatic N) is 5. The topological polar surface area (TPSA) is 120 Å². The molecule has 162 valence electrons. The minimum absolute atomic E-state index is 0.0828. The number of hydrogen-bond acceptors (Lipinski definition) is 7. The number of aromatic amines is 1. The fourth-order valence-electron chi connectivity index (χ4n) is 3.85. The molecule has 1 aliphatic rings. The van der Waals surface area contributed by atoms with E-state index in [9.17, 15) is 9.90 Å². The summed E-state index contributed by atoms with van der Waals surface area (Å²) >= 11 is 0. The molecule has 3 aromatic rings. The van der Waals surface area contributed by atoms with Crippen LogP contribution < -0.4 is 10.2 Å². The van der Waals surface area contributed by atoms with Crippen molar-refractivity contribution in [3.63, 3.8) is 0 Å². The number of anilines is 2. The molecule has 4 heterocycles. The molecule has 1 unspecified atom stereocenters. The van der Waals surface area contributed by atoms with Gasteiger partial charge in [0, 0.05) is 42.8 Å². The Morgan fingerprint density at radius 2 is 1.97 bits per heavy atom. The second-order valence-electron chi connectivity index (χ2n) is 8.44. The SMILES string of the molecule is Cc1nc(NC(=O)c2cccc(-c3cn[nH]c3)n2)cc(N2C[C@@H](C)C(C)(O)[C@@H](C)C2)n1. The predicted molar refractivity (Wildman–Crippen MR) is 118 cm³/mol. The third kappa shape index (κ3) is 4.27. The van der Waals surface area contributed by atoms with Crippen molar-refractivity contribution in [1.29, 1.82) is 0 Å². The second-order valence-corrected chi connectivity index (χ2v) is 8.44. The monoisotopic (exact) mass is 421 g/mol. The van der Waals surface area contributed by atoms with Crippen LogP contribution in [0.5, 0.6) is 0 Å². The molecule has 0 bridgehead atoms. The number of nitrogens with one attached hydrogen (secondary N) is 2. The smallest absolute Gasteiger partial charge is 0.275 e. The summed E-state index contributed by atoms with van der Waals surface area (Å²) in [7, 11) is 0. The highest BCUT2D eigenvalue weighted by Gasteiger charge is 2.40. The summed E-state index contributed by atoms with van der Waals surface area (Å²) in [6.07, 6.45) is 3.38. The Hall–Kier alpha value is -3.33. The van der Waals surface area contributed by atoms with Crippen LogP contribution in [0.2, 0.25) is 0 Å². The van der Waals surface area contributed by atoms with Gasteiger partial charge in [0.15, 0.2) is 0 Å². The number of carbonyl (C=O) groups is 1. The van der Waals surface area contributed by atoms with Gasteiger partial charge in [0.2, 0.25) is 0 Å². The molecule has 0 aromatic carbocycles. The van der Waals surface area contributed by atoms with E-state index < -0.39 is 5.60 Å². The zero-order chi connectivity index (χ0) is 22.2. The summed E-state index contributed by atoms with van der Waals surface area (Å²) in [6.45, 7) is 9.12. The summed E-state index contributed by atoms with van der Waals surface area (Å²) in [5, 5.41) is 20.2. The Labute approximate surface area is 181 Å². The maximum absolute atomic E-state index is 12.8. The van der Waals surface area contributed by atoms with Gasteiger partial charge in [-0.2, -0.15) is 5.10 Å². The molecule has 0 saturated carbocycles. The molecule has 1 aliphatic heterocycles. The molecular weight excluding hydrogens is 394 g/mol. The summed E-state index contributed by atoms with van der Waals surface area (Å²) in [4.78, 5) is 28.3. The Kier molecular flexibility index (Phi) is 5.45.